The van der Waals surface area contributed by atoms with Crippen molar-refractivity contribution < 1.29 is 14.0 Å². The van der Waals surface area contributed by atoms with Crippen LogP contribution in [0.15, 0.2) is 78.9 Å². The fourth-order valence-corrected chi connectivity index (χ4v) is 3.94. The van der Waals surface area contributed by atoms with Gasteiger partial charge < -0.3 is 5.32 Å². The fourth-order valence-electron chi connectivity index (χ4n) is 3.94. The number of anilines is 1. The molecule has 1 atom stereocenters. The van der Waals surface area contributed by atoms with E-state index in [1.807, 2.05) is 42.5 Å². The first-order chi connectivity index (χ1) is 16.9. The number of carbonyl (C=O) groups excluding carboxylic acids is 2. The number of nitrogens with one attached hydrogen (secondary N) is 1. The van der Waals surface area contributed by atoms with Gasteiger partial charge in [0.25, 0.3) is 0 Å². The standard InChI is InChI=1S/C27H28FN5O2/c1-19(2)15-16-29-27(35)26(20-9-4-3-5-10-20)33(22-12-8-11-21(28)17-22)25(34)18-32-24-14-7-6-13-23(24)30-31-32/h3-14,17,19,26H,15-16,18H2,1-2H3,(H,29,35). The molecule has 7 nitrogen and oxygen atoms in total. The van der Waals surface area contributed by atoms with Gasteiger partial charge in [0.15, 0.2) is 0 Å². The molecule has 1 unspecified atom stereocenters. The Morgan fingerprint density at radius 3 is 2.49 bits per heavy atom. The average molecular weight is 474 g/mol. The van der Waals surface area contributed by atoms with Crippen molar-refractivity contribution in [3.8, 4) is 0 Å². The van der Waals surface area contributed by atoms with Gasteiger partial charge in [0, 0.05) is 12.2 Å². The lowest BCUT2D eigenvalue weighted by Gasteiger charge is -2.31. The summed E-state index contributed by atoms with van der Waals surface area (Å²) in [4.78, 5) is 28.7. The first-order valence-corrected chi connectivity index (χ1v) is 11.6. The summed E-state index contributed by atoms with van der Waals surface area (Å²) in [6, 6.07) is 21.1. The van der Waals surface area contributed by atoms with Crippen molar-refractivity contribution in [3.05, 3.63) is 90.2 Å². The van der Waals surface area contributed by atoms with Gasteiger partial charge in [-0.2, -0.15) is 0 Å². The van der Waals surface area contributed by atoms with Crippen LogP contribution in [-0.2, 0) is 16.1 Å². The number of hydrogen-bond acceptors (Lipinski definition) is 4. The summed E-state index contributed by atoms with van der Waals surface area (Å²) in [7, 11) is 0. The van der Waals surface area contributed by atoms with Crippen LogP contribution in [-0.4, -0.2) is 33.4 Å². The molecular formula is C27H28FN5O2. The molecular weight excluding hydrogens is 445 g/mol. The molecule has 8 heteroatoms. The molecule has 35 heavy (non-hydrogen) atoms. The third-order valence-corrected chi connectivity index (χ3v) is 5.70. The van der Waals surface area contributed by atoms with E-state index in [1.165, 1.54) is 27.8 Å². The zero-order chi connectivity index (χ0) is 24.8. The van der Waals surface area contributed by atoms with E-state index in [9.17, 15) is 14.0 Å². The third kappa shape index (κ3) is 5.71. The van der Waals surface area contributed by atoms with E-state index < -0.39 is 17.8 Å². The van der Waals surface area contributed by atoms with E-state index in [0.29, 0.717) is 29.1 Å². The van der Waals surface area contributed by atoms with Crippen LogP contribution in [0.5, 0.6) is 0 Å². The van der Waals surface area contributed by atoms with Gasteiger partial charge in [-0.1, -0.05) is 67.6 Å². The molecule has 4 aromatic rings. The molecule has 3 aromatic carbocycles. The van der Waals surface area contributed by atoms with E-state index in [0.717, 1.165) is 6.42 Å². The van der Waals surface area contributed by atoms with Gasteiger partial charge in [0.1, 0.15) is 23.9 Å². The number of hydrogen-bond donors (Lipinski definition) is 1. The highest BCUT2D eigenvalue weighted by atomic mass is 19.1. The Labute approximate surface area is 203 Å². The van der Waals surface area contributed by atoms with Gasteiger partial charge in [0.2, 0.25) is 11.8 Å². The van der Waals surface area contributed by atoms with Gasteiger partial charge in [0.05, 0.1) is 5.52 Å². The molecule has 0 radical (unpaired) electrons. The second-order valence-corrected chi connectivity index (χ2v) is 8.77. The predicted molar refractivity (Wildman–Crippen MR) is 133 cm³/mol. The molecule has 0 aliphatic rings. The number of rotatable bonds is 9. The SMILES string of the molecule is CC(C)CCNC(=O)C(c1ccccc1)N(C(=O)Cn1nnc2ccccc21)c1cccc(F)c1. The first kappa shape index (κ1) is 24.1. The van der Waals surface area contributed by atoms with Crippen LogP contribution in [0.25, 0.3) is 11.0 Å². The quantitative estimate of drug-likeness (QED) is 0.388. The number of benzene rings is 3. The largest absolute Gasteiger partial charge is 0.354 e. The second kappa shape index (κ2) is 10.9. The normalized spacial score (nSPS) is 12.0. The second-order valence-electron chi connectivity index (χ2n) is 8.77. The van der Waals surface area contributed by atoms with Crippen molar-refractivity contribution in [2.75, 3.05) is 11.4 Å². The molecule has 0 saturated heterocycles. The lowest BCUT2D eigenvalue weighted by atomic mass is 10.0. The van der Waals surface area contributed by atoms with Crippen LogP contribution in [0.4, 0.5) is 10.1 Å². The lowest BCUT2D eigenvalue weighted by Crippen LogP contribution is -2.45. The highest BCUT2D eigenvalue weighted by molar-refractivity contribution is 6.01. The Kier molecular flexibility index (Phi) is 7.50. The highest BCUT2D eigenvalue weighted by Crippen LogP contribution is 2.29. The molecule has 180 valence electrons. The third-order valence-electron chi connectivity index (χ3n) is 5.70. The summed E-state index contributed by atoms with van der Waals surface area (Å²) in [5.74, 6) is -0.845. The average Bonchev–Trinajstić information content (AvgIpc) is 3.25. The van der Waals surface area contributed by atoms with Crippen LogP contribution >= 0.6 is 0 Å². The molecule has 0 saturated carbocycles. The molecule has 0 bridgehead atoms. The minimum Gasteiger partial charge on any atom is -0.354 e. The van der Waals surface area contributed by atoms with Gasteiger partial charge in [-0.05, 0) is 48.2 Å². The van der Waals surface area contributed by atoms with Crippen molar-refractivity contribution >= 4 is 28.5 Å². The molecule has 2 amide bonds. The minimum atomic E-state index is -0.993. The Balaban J connectivity index is 1.74. The van der Waals surface area contributed by atoms with E-state index >= 15 is 0 Å². The Bertz CT molecular complexity index is 1310. The molecule has 1 aromatic heterocycles. The molecule has 0 aliphatic carbocycles. The number of aromatic nitrogens is 3. The number of halogens is 1. The summed E-state index contributed by atoms with van der Waals surface area (Å²) < 4.78 is 15.8. The minimum absolute atomic E-state index is 0.167. The molecule has 4 rings (SSSR count). The predicted octanol–water partition coefficient (Wildman–Crippen LogP) is 4.51. The smallest absolute Gasteiger partial charge is 0.249 e. The summed E-state index contributed by atoms with van der Waals surface area (Å²) >= 11 is 0. The maximum Gasteiger partial charge on any atom is 0.249 e. The number of amides is 2. The van der Waals surface area contributed by atoms with Crippen LogP contribution in [0.3, 0.4) is 0 Å². The summed E-state index contributed by atoms with van der Waals surface area (Å²) in [6.07, 6.45) is 0.798. The van der Waals surface area contributed by atoms with Crippen molar-refractivity contribution in [2.45, 2.75) is 32.9 Å². The molecule has 0 spiro atoms. The Morgan fingerprint density at radius 1 is 1.00 bits per heavy atom. The van der Waals surface area contributed by atoms with Gasteiger partial charge in [-0.25, -0.2) is 9.07 Å². The van der Waals surface area contributed by atoms with E-state index in [-0.39, 0.29) is 18.1 Å². The van der Waals surface area contributed by atoms with Crippen LogP contribution in [0.1, 0.15) is 31.9 Å². The number of fused-ring (bicyclic) bond motifs is 1. The van der Waals surface area contributed by atoms with Crippen molar-refractivity contribution in [1.29, 1.82) is 0 Å². The first-order valence-electron chi connectivity index (χ1n) is 11.6. The molecule has 1 heterocycles. The van der Waals surface area contributed by atoms with E-state index in [1.54, 1.807) is 18.2 Å². The monoisotopic (exact) mass is 473 g/mol. The fraction of sp³-hybridized carbons (Fsp3) is 0.259. The lowest BCUT2D eigenvalue weighted by molar-refractivity contribution is -0.127. The number of nitrogens with zero attached hydrogens (tertiary/aromatic N) is 4. The number of para-hydroxylation sites is 1. The van der Waals surface area contributed by atoms with Crippen LogP contribution in [0, 0.1) is 11.7 Å². The maximum absolute atomic E-state index is 14.3. The van der Waals surface area contributed by atoms with Gasteiger partial charge in [-0.3, -0.25) is 14.5 Å². The number of carbonyl (C=O) groups is 2. The zero-order valence-electron chi connectivity index (χ0n) is 19.8. The molecule has 0 aliphatic heterocycles. The van der Waals surface area contributed by atoms with E-state index in [2.05, 4.69) is 29.5 Å². The van der Waals surface area contributed by atoms with Crippen LogP contribution < -0.4 is 10.2 Å². The highest BCUT2D eigenvalue weighted by Gasteiger charge is 2.33. The summed E-state index contributed by atoms with van der Waals surface area (Å²) in [5, 5.41) is 11.2. The van der Waals surface area contributed by atoms with E-state index in [4.69, 9.17) is 0 Å². The Morgan fingerprint density at radius 2 is 1.74 bits per heavy atom. The zero-order valence-corrected chi connectivity index (χ0v) is 19.8. The van der Waals surface area contributed by atoms with Crippen LogP contribution in [0.2, 0.25) is 0 Å². The van der Waals surface area contributed by atoms with Gasteiger partial charge >= 0.3 is 0 Å². The molecule has 1 N–H and O–H groups in total. The van der Waals surface area contributed by atoms with Gasteiger partial charge in [-0.15, -0.1) is 5.10 Å². The summed E-state index contributed by atoms with van der Waals surface area (Å²) in [5.41, 5.74) is 2.25. The molecule has 0 fully saturated rings. The van der Waals surface area contributed by atoms with Crippen molar-refractivity contribution in [1.82, 2.24) is 20.3 Å². The topological polar surface area (TPSA) is 80.1 Å². The maximum atomic E-state index is 14.3. The summed E-state index contributed by atoms with van der Waals surface area (Å²) in [6.45, 7) is 4.45. The van der Waals surface area contributed by atoms with Crippen molar-refractivity contribution in [2.24, 2.45) is 5.92 Å². The Hall–Kier alpha value is -4.07. The van der Waals surface area contributed by atoms with Crippen molar-refractivity contribution in [3.63, 3.8) is 0 Å².